The minimum absolute atomic E-state index is 0.00171. The fourth-order valence-corrected chi connectivity index (χ4v) is 6.61. The summed E-state index contributed by atoms with van der Waals surface area (Å²) in [7, 11) is 2.25. The summed E-state index contributed by atoms with van der Waals surface area (Å²) in [6.45, 7) is 3.28. The van der Waals surface area contributed by atoms with Crippen LogP contribution in [0.1, 0.15) is 55.7 Å². The first kappa shape index (κ1) is 17.2. The fourth-order valence-electron chi connectivity index (χ4n) is 6.61. The Morgan fingerprint density at radius 3 is 2.85 bits per heavy atom. The standard InChI is InChI=1S/C22H29N3O2/c1-3-4-14-5-6-15-12-18-16-7-8-22(19(26)23-20(27)24-22)13-21(16,17(15)11-14)9-10-25(18)2/h5-6,11,16,18H,3-4,7-10,12-13H2,1-2H3,(H2,23,24,26,27). The maximum Gasteiger partial charge on any atom is 0.322 e. The quantitative estimate of drug-likeness (QED) is 0.790. The van der Waals surface area contributed by atoms with Crippen LogP contribution in [0.15, 0.2) is 18.2 Å². The van der Waals surface area contributed by atoms with Crippen LogP contribution in [0.3, 0.4) is 0 Å². The molecule has 1 aromatic carbocycles. The molecule has 3 amide bonds. The molecule has 4 atom stereocenters. The first-order valence-electron chi connectivity index (χ1n) is 10.4. The van der Waals surface area contributed by atoms with Crippen LogP contribution >= 0.6 is 0 Å². The second-order valence-electron chi connectivity index (χ2n) is 9.21. The van der Waals surface area contributed by atoms with Gasteiger partial charge in [-0.2, -0.15) is 0 Å². The van der Waals surface area contributed by atoms with Gasteiger partial charge < -0.3 is 10.2 Å². The highest BCUT2D eigenvalue weighted by atomic mass is 16.2. The monoisotopic (exact) mass is 367 g/mol. The third-order valence-electron chi connectivity index (χ3n) is 7.84. The summed E-state index contributed by atoms with van der Waals surface area (Å²) in [4.78, 5) is 27.2. The van der Waals surface area contributed by atoms with Crippen molar-refractivity contribution in [3.8, 4) is 0 Å². The average molecular weight is 367 g/mol. The minimum Gasteiger partial charge on any atom is -0.323 e. The number of urea groups is 1. The largest absolute Gasteiger partial charge is 0.323 e. The number of amides is 3. The van der Waals surface area contributed by atoms with E-state index >= 15 is 0 Å². The Balaban J connectivity index is 1.64. The molecule has 2 N–H and O–H groups in total. The molecule has 144 valence electrons. The third-order valence-corrected chi connectivity index (χ3v) is 7.84. The molecule has 1 spiro atoms. The molecule has 4 aliphatic rings. The van der Waals surface area contributed by atoms with E-state index in [1.165, 1.54) is 16.7 Å². The Bertz CT molecular complexity index is 822. The van der Waals surface area contributed by atoms with Gasteiger partial charge in [0.05, 0.1) is 0 Å². The lowest BCUT2D eigenvalue weighted by Gasteiger charge is -2.61. The zero-order chi connectivity index (χ0) is 18.8. The van der Waals surface area contributed by atoms with Crippen molar-refractivity contribution in [3.05, 3.63) is 34.9 Å². The molecular formula is C22H29N3O2. The zero-order valence-electron chi connectivity index (χ0n) is 16.3. The summed E-state index contributed by atoms with van der Waals surface area (Å²) in [5.74, 6) is 0.448. The van der Waals surface area contributed by atoms with Crippen LogP contribution in [0.4, 0.5) is 4.79 Å². The van der Waals surface area contributed by atoms with Crippen LogP contribution in [0.2, 0.25) is 0 Å². The van der Waals surface area contributed by atoms with E-state index in [0.29, 0.717) is 12.0 Å². The Labute approximate surface area is 160 Å². The number of likely N-dealkylation sites (N-methyl/N-ethyl adjacent to an activating group) is 1. The zero-order valence-corrected chi connectivity index (χ0v) is 16.3. The van der Waals surface area contributed by atoms with Gasteiger partial charge in [0.25, 0.3) is 5.91 Å². The number of rotatable bonds is 2. The molecule has 1 aromatic rings. The van der Waals surface area contributed by atoms with E-state index in [0.717, 1.165) is 51.5 Å². The second kappa shape index (κ2) is 5.81. The molecule has 5 heteroatoms. The van der Waals surface area contributed by atoms with E-state index < -0.39 is 5.54 Å². The summed E-state index contributed by atoms with van der Waals surface area (Å²) < 4.78 is 0. The molecule has 0 aromatic heterocycles. The minimum atomic E-state index is -0.719. The maximum absolute atomic E-state index is 12.7. The van der Waals surface area contributed by atoms with Gasteiger partial charge >= 0.3 is 6.03 Å². The van der Waals surface area contributed by atoms with Gasteiger partial charge in [0.15, 0.2) is 0 Å². The van der Waals surface area contributed by atoms with Crippen molar-refractivity contribution in [1.29, 1.82) is 0 Å². The predicted molar refractivity (Wildman–Crippen MR) is 104 cm³/mol. The molecule has 27 heavy (non-hydrogen) atoms. The van der Waals surface area contributed by atoms with Gasteiger partial charge in [0.1, 0.15) is 5.54 Å². The van der Waals surface area contributed by atoms with Crippen LogP contribution in [-0.2, 0) is 23.1 Å². The van der Waals surface area contributed by atoms with Gasteiger partial charge in [-0.3, -0.25) is 10.1 Å². The highest BCUT2D eigenvalue weighted by molar-refractivity contribution is 6.07. The number of nitrogens with one attached hydrogen (secondary N) is 2. The Kier molecular flexibility index (Phi) is 3.71. The number of hydrogen-bond acceptors (Lipinski definition) is 3. The highest BCUT2D eigenvalue weighted by Gasteiger charge is 2.62. The summed E-state index contributed by atoms with van der Waals surface area (Å²) in [5, 5.41) is 5.53. The number of carbonyl (C=O) groups excluding carboxylic acids is 2. The van der Waals surface area contributed by atoms with Crippen molar-refractivity contribution in [1.82, 2.24) is 15.5 Å². The lowest BCUT2D eigenvalue weighted by atomic mass is 9.49. The van der Waals surface area contributed by atoms with Crippen molar-refractivity contribution >= 4 is 11.9 Å². The molecule has 2 aliphatic heterocycles. The molecular weight excluding hydrogens is 338 g/mol. The third kappa shape index (κ3) is 2.33. The van der Waals surface area contributed by atoms with Crippen molar-refractivity contribution in [3.63, 3.8) is 0 Å². The number of benzene rings is 1. The van der Waals surface area contributed by atoms with E-state index in [1.54, 1.807) is 0 Å². The molecule has 2 bridgehead atoms. The van der Waals surface area contributed by atoms with Crippen LogP contribution < -0.4 is 10.6 Å². The van der Waals surface area contributed by atoms with Crippen LogP contribution in [0.5, 0.6) is 0 Å². The molecule has 2 heterocycles. The van der Waals surface area contributed by atoms with E-state index in [-0.39, 0.29) is 17.4 Å². The van der Waals surface area contributed by atoms with Gasteiger partial charge in [-0.1, -0.05) is 31.5 Å². The number of aryl methyl sites for hydroxylation is 1. The topological polar surface area (TPSA) is 61.4 Å². The van der Waals surface area contributed by atoms with Crippen molar-refractivity contribution in [2.45, 2.75) is 68.9 Å². The number of likely N-dealkylation sites (tertiary alicyclic amines) is 1. The lowest BCUT2D eigenvalue weighted by molar-refractivity contribution is -0.128. The normalized spacial score (nSPS) is 37.6. The van der Waals surface area contributed by atoms with E-state index in [9.17, 15) is 9.59 Å². The smallest absolute Gasteiger partial charge is 0.322 e. The fraction of sp³-hybridized carbons (Fsp3) is 0.636. The van der Waals surface area contributed by atoms with Crippen molar-refractivity contribution < 1.29 is 9.59 Å². The predicted octanol–water partition coefficient (Wildman–Crippen LogP) is 2.52. The van der Waals surface area contributed by atoms with Gasteiger partial charge in [-0.05, 0) is 74.7 Å². The molecule has 0 radical (unpaired) electrons. The number of imide groups is 1. The van der Waals surface area contributed by atoms with Crippen LogP contribution in [0.25, 0.3) is 0 Å². The molecule has 2 saturated heterocycles. The summed E-state index contributed by atoms with van der Waals surface area (Å²) in [6, 6.07) is 7.27. The first-order valence-corrected chi connectivity index (χ1v) is 10.4. The average Bonchev–Trinajstić information content (AvgIpc) is 2.91. The Hall–Kier alpha value is -1.88. The summed E-state index contributed by atoms with van der Waals surface area (Å²) in [5.41, 5.74) is 3.60. The number of carbonyl (C=O) groups is 2. The Morgan fingerprint density at radius 2 is 2.11 bits per heavy atom. The van der Waals surface area contributed by atoms with E-state index in [2.05, 4.69) is 47.7 Å². The SMILES string of the molecule is CCCc1ccc2c(c1)C13CCN(C)C(C2)C1CCC1(C3)NC(=O)NC1=O. The first-order chi connectivity index (χ1) is 13.0. The van der Waals surface area contributed by atoms with Gasteiger partial charge in [-0.25, -0.2) is 4.79 Å². The number of piperidine rings is 1. The van der Waals surface area contributed by atoms with Gasteiger partial charge in [0.2, 0.25) is 0 Å². The lowest BCUT2D eigenvalue weighted by Crippen LogP contribution is -2.66. The maximum atomic E-state index is 12.7. The summed E-state index contributed by atoms with van der Waals surface area (Å²) in [6.07, 6.45) is 6.91. The van der Waals surface area contributed by atoms with E-state index in [4.69, 9.17) is 0 Å². The van der Waals surface area contributed by atoms with Crippen molar-refractivity contribution in [2.75, 3.05) is 13.6 Å². The number of hydrogen-bond donors (Lipinski definition) is 2. The molecule has 3 fully saturated rings. The van der Waals surface area contributed by atoms with E-state index in [1.807, 2.05) is 0 Å². The molecule has 4 unspecified atom stereocenters. The van der Waals surface area contributed by atoms with Crippen molar-refractivity contribution in [2.24, 2.45) is 5.92 Å². The van der Waals surface area contributed by atoms with Crippen LogP contribution in [0, 0.1) is 5.92 Å². The Morgan fingerprint density at radius 1 is 1.26 bits per heavy atom. The molecule has 5 rings (SSSR count). The number of nitrogens with zero attached hydrogens (tertiary/aromatic N) is 1. The van der Waals surface area contributed by atoms with Crippen LogP contribution in [-0.4, -0.2) is 42.0 Å². The summed E-state index contributed by atoms with van der Waals surface area (Å²) >= 11 is 0. The molecule has 1 saturated carbocycles. The van der Waals surface area contributed by atoms with Gasteiger partial charge in [-0.15, -0.1) is 0 Å². The highest BCUT2D eigenvalue weighted by Crippen LogP contribution is 2.58. The second-order valence-corrected chi connectivity index (χ2v) is 9.21. The number of fused-ring (bicyclic) bond motifs is 1. The molecule has 2 aliphatic carbocycles. The molecule has 5 nitrogen and oxygen atoms in total. The van der Waals surface area contributed by atoms with Gasteiger partial charge in [0, 0.05) is 11.5 Å².